The maximum Gasteiger partial charge on any atom is 0.407 e. The van der Waals surface area contributed by atoms with Gasteiger partial charge in [0.15, 0.2) is 0 Å². The minimum Gasteiger partial charge on any atom is -0.444 e. The number of hydrogen-bond acceptors (Lipinski definition) is 4. The summed E-state index contributed by atoms with van der Waals surface area (Å²) in [6.07, 6.45) is 14.0. The van der Waals surface area contributed by atoms with Crippen LogP contribution in [0.4, 0.5) is 4.79 Å². The smallest absolute Gasteiger partial charge is 0.407 e. The Morgan fingerprint density at radius 2 is 1.18 bits per heavy atom. The molecule has 166 valence electrons. The van der Waals surface area contributed by atoms with Crippen LogP contribution < -0.4 is 16.4 Å². The molecule has 0 radical (unpaired) electrons. The van der Waals surface area contributed by atoms with E-state index in [1.807, 2.05) is 20.8 Å². The summed E-state index contributed by atoms with van der Waals surface area (Å²) >= 11 is 0. The zero-order valence-corrected chi connectivity index (χ0v) is 18.6. The second-order valence-electron chi connectivity index (χ2n) is 8.56. The first-order valence-electron chi connectivity index (χ1n) is 11.3. The van der Waals surface area contributed by atoms with E-state index < -0.39 is 5.60 Å². The number of ether oxygens (including phenoxy) is 1. The van der Waals surface area contributed by atoms with Gasteiger partial charge in [0, 0.05) is 19.5 Å². The second-order valence-corrected chi connectivity index (χ2v) is 8.56. The molecule has 4 N–H and O–H groups in total. The molecule has 6 nitrogen and oxygen atoms in total. The standard InChI is InChI=1S/C22H45N3O3/c1-22(2,3)28-21(27)25-19-15-11-14-18-24-20(26)16-12-9-7-5-4-6-8-10-13-17-23/h4-19,23H2,1-3H3,(H,24,26)(H,25,27). The number of nitrogens with two attached hydrogens (primary N) is 1. The van der Waals surface area contributed by atoms with E-state index in [1.165, 1.54) is 38.5 Å². The van der Waals surface area contributed by atoms with Crippen LogP contribution in [0.25, 0.3) is 0 Å². The summed E-state index contributed by atoms with van der Waals surface area (Å²) in [5.41, 5.74) is 5.02. The van der Waals surface area contributed by atoms with Crippen molar-refractivity contribution in [1.29, 1.82) is 0 Å². The summed E-state index contributed by atoms with van der Waals surface area (Å²) in [5.74, 6) is 0.161. The maximum absolute atomic E-state index is 11.8. The van der Waals surface area contributed by atoms with Gasteiger partial charge in [0.05, 0.1) is 0 Å². The number of rotatable bonds is 17. The molecule has 0 unspecified atom stereocenters. The van der Waals surface area contributed by atoms with Gasteiger partial charge in [-0.25, -0.2) is 4.79 Å². The van der Waals surface area contributed by atoms with Gasteiger partial charge in [-0.05, 0) is 59.4 Å². The Morgan fingerprint density at radius 1 is 0.714 bits per heavy atom. The lowest BCUT2D eigenvalue weighted by atomic mass is 10.1. The van der Waals surface area contributed by atoms with Gasteiger partial charge in [-0.1, -0.05) is 44.9 Å². The topological polar surface area (TPSA) is 93.5 Å². The van der Waals surface area contributed by atoms with E-state index in [0.717, 1.165) is 45.1 Å². The van der Waals surface area contributed by atoms with Crippen LogP contribution in [-0.4, -0.2) is 37.2 Å². The highest BCUT2D eigenvalue weighted by molar-refractivity contribution is 5.75. The molecule has 0 aromatic heterocycles. The lowest BCUT2D eigenvalue weighted by Crippen LogP contribution is -2.33. The zero-order valence-electron chi connectivity index (χ0n) is 18.6. The summed E-state index contributed by atoms with van der Waals surface area (Å²) in [4.78, 5) is 23.3. The molecule has 0 heterocycles. The molecule has 0 aliphatic heterocycles. The van der Waals surface area contributed by atoms with E-state index in [-0.39, 0.29) is 12.0 Å². The minimum atomic E-state index is -0.460. The Labute approximate surface area is 172 Å². The van der Waals surface area contributed by atoms with E-state index in [1.54, 1.807) is 0 Å². The molecule has 0 rings (SSSR count). The molecule has 0 atom stereocenters. The van der Waals surface area contributed by atoms with Gasteiger partial charge in [0.25, 0.3) is 0 Å². The van der Waals surface area contributed by atoms with Crippen LogP contribution in [0, 0.1) is 0 Å². The summed E-state index contributed by atoms with van der Waals surface area (Å²) in [5, 5.41) is 5.73. The second kappa shape index (κ2) is 17.8. The van der Waals surface area contributed by atoms with Crippen molar-refractivity contribution in [2.75, 3.05) is 19.6 Å². The van der Waals surface area contributed by atoms with Crippen molar-refractivity contribution < 1.29 is 14.3 Å². The van der Waals surface area contributed by atoms with E-state index >= 15 is 0 Å². The van der Waals surface area contributed by atoms with Crippen LogP contribution in [0.2, 0.25) is 0 Å². The molecule has 0 spiro atoms. The minimum absolute atomic E-state index is 0.161. The highest BCUT2D eigenvalue weighted by atomic mass is 16.6. The lowest BCUT2D eigenvalue weighted by molar-refractivity contribution is -0.121. The van der Waals surface area contributed by atoms with Crippen LogP contribution in [-0.2, 0) is 9.53 Å². The fourth-order valence-corrected chi connectivity index (χ4v) is 2.91. The Bertz CT molecular complexity index is 395. The molecular weight excluding hydrogens is 354 g/mol. The van der Waals surface area contributed by atoms with Crippen molar-refractivity contribution in [3.8, 4) is 0 Å². The number of hydrogen-bond donors (Lipinski definition) is 3. The molecule has 28 heavy (non-hydrogen) atoms. The monoisotopic (exact) mass is 399 g/mol. The molecule has 0 saturated heterocycles. The summed E-state index contributed by atoms with van der Waals surface area (Å²) < 4.78 is 5.17. The molecule has 2 amide bonds. The van der Waals surface area contributed by atoms with E-state index in [0.29, 0.717) is 19.5 Å². The summed E-state index contributed by atoms with van der Waals surface area (Å²) in [6.45, 7) is 7.68. The van der Waals surface area contributed by atoms with Crippen LogP contribution in [0.5, 0.6) is 0 Å². The average Bonchev–Trinajstić information content (AvgIpc) is 2.61. The lowest BCUT2D eigenvalue weighted by Gasteiger charge is -2.19. The quantitative estimate of drug-likeness (QED) is 0.310. The average molecular weight is 400 g/mol. The molecule has 0 aliphatic carbocycles. The Morgan fingerprint density at radius 3 is 1.71 bits per heavy atom. The fourth-order valence-electron chi connectivity index (χ4n) is 2.91. The normalized spacial score (nSPS) is 11.3. The van der Waals surface area contributed by atoms with Gasteiger partial charge in [0.1, 0.15) is 5.60 Å². The van der Waals surface area contributed by atoms with Crippen LogP contribution in [0.3, 0.4) is 0 Å². The molecule has 0 saturated carbocycles. The van der Waals surface area contributed by atoms with Crippen molar-refractivity contribution in [2.24, 2.45) is 5.73 Å². The first-order valence-corrected chi connectivity index (χ1v) is 11.3. The summed E-state index contributed by atoms with van der Waals surface area (Å²) in [7, 11) is 0. The number of nitrogens with one attached hydrogen (secondary N) is 2. The Kier molecular flexibility index (Phi) is 16.9. The van der Waals surface area contributed by atoms with Gasteiger partial charge in [0.2, 0.25) is 5.91 Å². The van der Waals surface area contributed by atoms with Crippen molar-refractivity contribution in [1.82, 2.24) is 10.6 Å². The third-order valence-corrected chi connectivity index (χ3v) is 4.45. The SMILES string of the molecule is CC(C)(C)OC(=O)NCCCCCNC(=O)CCCCCCCCCCCN. The Hall–Kier alpha value is -1.30. The Balaban J connectivity index is 3.30. The number of carbonyl (C=O) groups is 2. The number of amides is 2. The highest BCUT2D eigenvalue weighted by Gasteiger charge is 2.15. The van der Waals surface area contributed by atoms with Gasteiger partial charge in [-0.15, -0.1) is 0 Å². The van der Waals surface area contributed by atoms with E-state index in [2.05, 4.69) is 10.6 Å². The van der Waals surface area contributed by atoms with E-state index in [4.69, 9.17) is 10.5 Å². The van der Waals surface area contributed by atoms with Gasteiger partial charge in [-0.2, -0.15) is 0 Å². The first kappa shape index (κ1) is 26.7. The highest BCUT2D eigenvalue weighted by Crippen LogP contribution is 2.10. The fraction of sp³-hybridized carbons (Fsp3) is 0.909. The van der Waals surface area contributed by atoms with Crippen LogP contribution in [0.15, 0.2) is 0 Å². The molecule has 0 bridgehead atoms. The zero-order chi connectivity index (χ0) is 21.1. The van der Waals surface area contributed by atoms with Crippen molar-refractivity contribution in [3.05, 3.63) is 0 Å². The molecule has 6 heteroatoms. The van der Waals surface area contributed by atoms with Gasteiger partial charge in [-0.3, -0.25) is 4.79 Å². The summed E-state index contributed by atoms with van der Waals surface area (Å²) in [6, 6.07) is 0. The maximum atomic E-state index is 11.8. The first-order chi connectivity index (χ1) is 13.3. The molecule has 0 aromatic carbocycles. The van der Waals surface area contributed by atoms with Gasteiger partial charge < -0.3 is 21.1 Å². The van der Waals surface area contributed by atoms with Crippen molar-refractivity contribution in [3.63, 3.8) is 0 Å². The van der Waals surface area contributed by atoms with Gasteiger partial charge >= 0.3 is 6.09 Å². The van der Waals surface area contributed by atoms with Crippen LogP contribution in [0.1, 0.15) is 104 Å². The van der Waals surface area contributed by atoms with Crippen LogP contribution >= 0.6 is 0 Å². The van der Waals surface area contributed by atoms with Crippen molar-refractivity contribution in [2.45, 2.75) is 110 Å². The van der Waals surface area contributed by atoms with E-state index in [9.17, 15) is 9.59 Å². The molecule has 0 fully saturated rings. The molecular formula is C22H45N3O3. The predicted molar refractivity (Wildman–Crippen MR) is 116 cm³/mol. The molecule has 0 aromatic rings. The predicted octanol–water partition coefficient (Wildman–Crippen LogP) is 4.66. The number of unbranched alkanes of at least 4 members (excludes halogenated alkanes) is 10. The third kappa shape index (κ3) is 21.0. The van der Waals surface area contributed by atoms with Crippen molar-refractivity contribution >= 4 is 12.0 Å². The number of carbonyl (C=O) groups excluding carboxylic acids is 2. The largest absolute Gasteiger partial charge is 0.444 e. The third-order valence-electron chi connectivity index (χ3n) is 4.45. The molecule has 0 aliphatic rings. The number of alkyl carbamates (subject to hydrolysis) is 1.